The van der Waals surface area contributed by atoms with Crippen LogP contribution in [-0.4, -0.2) is 37.9 Å². The molecule has 1 saturated carbocycles. The number of hydrogen-bond acceptors (Lipinski definition) is 4. The molecule has 0 aromatic rings. The van der Waals surface area contributed by atoms with Crippen molar-refractivity contribution < 1.29 is 23.0 Å². The molecule has 2 aliphatic rings. The van der Waals surface area contributed by atoms with Crippen molar-refractivity contribution in [3.8, 4) is 0 Å². The highest BCUT2D eigenvalue weighted by molar-refractivity contribution is 5.77. The zero-order chi connectivity index (χ0) is 11.0. The van der Waals surface area contributed by atoms with Crippen LogP contribution in [0.5, 0.6) is 0 Å². The van der Waals surface area contributed by atoms with E-state index in [0.717, 1.165) is 0 Å². The molecule has 4 nitrogen and oxygen atoms in total. The van der Waals surface area contributed by atoms with Gasteiger partial charge in [-0.05, 0) is 12.8 Å². The Labute approximate surface area is 85.9 Å². The predicted molar refractivity (Wildman–Crippen MR) is 46.3 cm³/mol. The molecule has 2 rings (SSSR count). The lowest BCUT2D eigenvalue weighted by molar-refractivity contribution is -0.180. The Morgan fingerprint density at radius 3 is 2.73 bits per heavy atom. The predicted octanol–water partition coefficient (Wildman–Crippen LogP) is 0.518. The lowest BCUT2D eigenvalue weighted by Crippen LogP contribution is -2.48. The van der Waals surface area contributed by atoms with Gasteiger partial charge in [0.15, 0.2) is 0 Å². The summed E-state index contributed by atoms with van der Waals surface area (Å²) in [7, 11) is 1.29. The number of nitrogens with one attached hydrogen (secondary N) is 1. The maximum Gasteiger partial charge on any atom is 0.345 e. The third-order valence-corrected chi connectivity index (χ3v) is 3.13. The fourth-order valence-corrected chi connectivity index (χ4v) is 2.55. The van der Waals surface area contributed by atoms with Gasteiger partial charge in [-0.3, -0.25) is 4.79 Å². The smallest absolute Gasteiger partial charge is 0.345 e. The molecule has 0 radical (unpaired) electrons. The lowest BCUT2D eigenvalue weighted by Gasteiger charge is -2.28. The number of esters is 1. The molecule has 1 N–H and O–H groups in total. The maximum atomic E-state index is 12.1. The lowest BCUT2D eigenvalue weighted by atomic mass is 9.97. The van der Waals surface area contributed by atoms with Crippen LogP contribution in [0.15, 0.2) is 0 Å². The van der Waals surface area contributed by atoms with E-state index < -0.39 is 24.7 Å². The van der Waals surface area contributed by atoms with Crippen LogP contribution in [0.2, 0.25) is 0 Å². The van der Waals surface area contributed by atoms with Crippen molar-refractivity contribution in [1.82, 2.24) is 5.32 Å². The zero-order valence-electron chi connectivity index (χ0n) is 8.28. The Bertz CT molecular complexity index is 262. The molecule has 0 amide bonds. The van der Waals surface area contributed by atoms with Gasteiger partial charge >= 0.3 is 12.6 Å². The fraction of sp³-hybridized carbons (Fsp3) is 0.889. The Morgan fingerprint density at radius 2 is 2.20 bits per heavy atom. The maximum absolute atomic E-state index is 12.1. The van der Waals surface area contributed by atoms with Crippen molar-refractivity contribution in [2.24, 2.45) is 5.92 Å². The van der Waals surface area contributed by atoms with Gasteiger partial charge in [-0.1, -0.05) is 0 Å². The van der Waals surface area contributed by atoms with Crippen LogP contribution >= 0.6 is 0 Å². The third-order valence-electron chi connectivity index (χ3n) is 3.13. The first kappa shape index (κ1) is 10.8. The summed E-state index contributed by atoms with van der Waals surface area (Å²) in [6.07, 6.45) is 0.722. The quantitative estimate of drug-likeness (QED) is 0.706. The van der Waals surface area contributed by atoms with E-state index in [-0.39, 0.29) is 12.0 Å². The van der Waals surface area contributed by atoms with Crippen LogP contribution in [-0.2, 0) is 14.3 Å². The van der Waals surface area contributed by atoms with Crippen LogP contribution in [0, 0.1) is 5.92 Å². The summed E-state index contributed by atoms with van der Waals surface area (Å²) in [4.78, 5) is 11.3. The minimum atomic E-state index is -2.77. The summed E-state index contributed by atoms with van der Waals surface area (Å²) in [5.74, 6) is -0.582. The van der Waals surface area contributed by atoms with Gasteiger partial charge < -0.3 is 14.8 Å². The molecule has 6 heteroatoms. The van der Waals surface area contributed by atoms with Gasteiger partial charge in [-0.15, -0.1) is 0 Å². The number of ether oxygens (including phenoxy) is 2. The highest BCUT2D eigenvalue weighted by atomic mass is 19.3. The molecule has 2 fully saturated rings. The van der Waals surface area contributed by atoms with Crippen molar-refractivity contribution in [2.75, 3.05) is 7.11 Å². The summed E-state index contributed by atoms with van der Waals surface area (Å²) < 4.78 is 33.2. The number of rotatable bonds is 3. The number of carbonyl (C=O) groups is 1. The topological polar surface area (TPSA) is 47.6 Å². The first-order valence-corrected chi connectivity index (χ1v) is 4.89. The van der Waals surface area contributed by atoms with E-state index >= 15 is 0 Å². The second kappa shape index (κ2) is 4.02. The summed E-state index contributed by atoms with van der Waals surface area (Å²) in [5.41, 5.74) is 0. The van der Waals surface area contributed by atoms with Gasteiger partial charge in [-0.25, -0.2) is 0 Å². The highest BCUT2D eigenvalue weighted by Gasteiger charge is 2.50. The SMILES string of the molecule is COC(=O)C1NC2CC(OC(F)F)C1C2. The fourth-order valence-electron chi connectivity index (χ4n) is 2.55. The van der Waals surface area contributed by atoms with Gasteiger partial charge in [0.25, 0.3) is 0 Å². The minimum Gasteiger partial charge on any atom is -0.468 e. The molecule has 2 bridgehead atoms. The second-order valence-electron chi connectivity index (χ2n) is 3.93. The van der Waals surface area contributed by atoms with Crippen molar-refractivity contribution in [2.45, 2.75) is 37.6 Å². The van der Waals surface area contributed by atoms with Gasteiger partial charge in [0, 0.05) is 12.0 Å². The largest absolute Gasteiger partial charge is 0.468 e. The van der Waals surface area contributed by atoms with Crippen molar-refractivity contribution >= 4 is 5.97 Å². The average Bonchev–Trinajstić information content (AvgIpc) is 2.74. The Morgan fingerprint density at radius 1 is 1.47 bits per heavy atom. The zero-order valence-corrected chi connectivity index (χ0v) is 8.28. The summed E-state index contributed by atoms with van der Waals surface area (Å²) >= 11 is 0. The van der Waals surface area contributed by atoms with Gasteiger partial charge in [0.2, 0.25) is 0 Å². The summed E-state index contributed by atoms with van der Waals surface area (Å²) in [5, 5.41) is 3.04. The van der Waals surface area contributed by atoms with E-state index in [2.05, 4.69) is 14.8 Å². The van der Waals surface area contributed by atoms with Crippen molar-refractivity contribution in [1.29, 1.82) is 0 Å². The Hall–Kier alpha value is -0.750. The molecule has 0 aromatic heterocycles. The van der Waals surface area contributed by atoms with Crippen LogP contribution in [0.1, 0.15) is 12.8 Å². The number of halogens is 2. The number of fused-ring (bicyclic) bond motifs is 2. The van der Waals surface area contributed by atoms with Gasteiger partial charge in [-0.2, -0.15) is 8.78 Å². The van der Waals surface area contributed by atoms with E-state index in [1.165, 1.54) is 7.11 Å². The van der Waals surface area contributed by atoms with Crippen LogP contribution in [0.4, 0.5) is 8.78 Å². The van der Waals surface area contributed by atoms with Crippen molar-refractivity contribution in [3.63, 3.8) is 0 Å². The molecule has 86 valence electrons. The molecule has 4 unspecified atom stereocenters. The molecule has 0 spiro atoms. The molecular weight excluding hydrogens is 208 g/mol. The monoisotopic (exact) mass is 221 g/mol. The Balaban J connectivity index is 1.99. The minimum absolute atomic E-state index is 0.0999. The Kier molecular flexibility index (Phi) is 2.88. The van der Waals surface area contributed by atoms with E-state index in [9.17, 15) is 13.6 Å². The normalized spacial score (nSPS) is 38.7. The molecule has 0 aromatic carbocycles. The van der Waals surface area contributed by atoms with E-state index in [1.54, 1.807) is 0 Å². The van der Waals surface area contributed by atoms with E-state index in [0.29, 0.717) is 12.8 Å². The van der Waals surface area contributed by atoms with Gasteiger partial charge in [0.05, 0.1) is 13.2 Å². The molecule has 1 saturated heterocycles. The van der Waals surface area contributed by atoms with E-state index in [1.807, 2.05) is 0 Å². The number of hydrogen-bond donors (Lipinski definition) is 1. The number of alkyl halides is 2. The highest BCUT2D eigenvalue weighted by Crippen LogP contribution is 2.38. The molecule has 15 heavy (non-hydrogen) atoms. The average molecular weight is 221 g/mol. The second-order valence-corrected chi connectivity index (χ2v) is 3.93. The van der Waals surface area contributed by atoms with Crippen LogP contribution in [0.3, 0.4) is 0 Å². The molecule has 1 heterocycles. The summed E-state index contributed by atoms with van der Waals surface area (Å²) in [6, 6.07) is -0.389. The van der Waals surface area contributed by atoms with Crippen molar-refractivity contribution in [3.05, 3.63) is 0 Å². The number of piperidine rings is 1. The molecule has 4 atom stereocenters. The first-order valence-electron chi connectivity index (χ1n) is 4.89. The molecule has 1 aliphatic heterocycles. The van der Waals surface area contributed by atoms with Crippen LogP contribution in [0.25, 0.3) is 0 Å². The molecular formula is C9H13F2NO3. The van der Waals surface area contributed by atoms with Crippen LogP contribution < -0.4 is 5.32 Å². The first-order chi connectivity index (χ1) is 7.11. The van der Waals surface area contributed by atoms with E-state index in [4.69, 9.17) is 0 Å². The third kappa shape index (κ3) is 1.96. The summed E-state index contributed by atoms with van der Waals surface area (Å²) in [6.45, 7) is -2.77. The van der Waals surface area contributed by atoms with Gasteiger partial charge in [0.1, 0.15) is 6.04 Å². The number of methoxy groups -OCH3 is 1. The number of carbonyl (C=O) groups excluding carboxylic acids is 1. The standard InChI is InChI=1S/C9H13F2NO3/c1-14-8(13)7-5-2-4(12-7)3-6(5)15-9(10)11/h4-7,9,12H,2-3H2,1H3. The molecule has 1 aliphatic carbocycles.